The van der Waals surface area contributed by atoms with Crippen molar-refractivity contribution in [2.24, 2.45) is 0 Å². The summed E-state index contributed by atoms with van der Waals surface area (Å²) >= 11 is 2.03. The molecule has 3 atom stereocenters. The Balaban J connectivity index is 1.74. The van der Waals surface area contributed by atoms with Crippen molar-refractivity contribution in [3.63, 3.8) is 0 Å². The van der Waals surface area contributed by atoms with Crippen LogP contribution in [0.1, 0.15) is 49.4 Å². The van der Waals surface area contributed by atoms with Gasteiger partial charge in [0.15, 0.2) is 0 Å². The molecule has 3 heteroatoms. The van der Waals surface area contributed by atoms with Crippen molar-refractivity contribution in [1.29, 1.82) is 0 Å². The van der Waals surface area contributed by atoms with Crippen molar-refractivity contribution in [3.05, 3.63) is 29.6 Å². The van der Waals surface area contributed by atoms with Crippen molar-refractivity contribution >= 4 is 11.8 Å². The molecular formula is C15H22N2S. The number of nitrogens with one attached hydrogen (secondary N) is 1. The fourth-order valence-corrected chi connectivity index (χ4v) is 4.37. The summed E-state index contributed by atoms with van der Waals surface area (Å²) in [5.74, 6) is 0. The van der Waals surface area contributed by atoms with E-state index in [1.54, 1.807) is 0 Å². The molecule has 0 amide bonds. The molecule has 2 aliphatic carbocycles. The third kappa shape index (κ3) is 2.43. The summed E-state index contributed by atoms with van der Waals surface area (Å²) in [4.78, 5) is 4.62. The van der Waals surface area contributed by atoms with Gasteiger partial charge in [-0.15, -0.1) is 0 Å². The Labute approximate surface area is 114 Å². The molecule has 0 saturated heterocycles. The zero-order valence-corrected chi connectivity index (χ0v) is 11.9. The number of rotatable bonds is 3. The molecule has 1 saturated carbocycles. The average Bonchev–Trinajstić information content (AvgIpc) is 2.86. The summed E-state index contributed by atoms with van der Waals surface area (Å²) in [5, 5.41) is 4.70. The van der Waals surface area contributed by atoms with Gasteiger partial charge in [-0.1, -0.05) is 12.5 Å². The summed E-state index contributed by atoms with van der Waals surface area (Å²) in [6.07, 6.45) is 12.0. The van der Waals surface area contributed by atoms with Gasteiger partial charge >= 0.3 is 0 Å². The Hall–Kier alpha value is -0.540. The molecule has 1 fully saturated rings. The maximum atomic E-state index is 4.62. The number of aromatic nitrogens is 1. The smallest absolute Gasteiger partial charge is 0.0605 e. The van der Waals surface area contributed by atoms with Gasteiger partial charge in [-0.05, 0) is 50.0 Å². The van der Waals surface area contributed by atoms with Crippen LogP contribution in [-0.2, 0) is 6.42 Å². The molecule has 3 rings (SSSR count). The van der Waals surface area contributed by atoms with Gasteiger partial charge in [0.1, 0.15) is 0 Å². The average molecular weight is 262 g/mol. The molecule has 3 unspecified atom stereocenters. The van der Waals surface area contributed by atoms with Crippen molar-refractivity contribution in [2.75, 3.05) is 6.26 Å². The second-order valence-electron chi connectivity index (χ2n) is 5.47. The van der Waals surface area contributed by atoms with Crippen LogP contribution in [0.2, 0.25) is 0 Å². The van der Waals surface area contributed by atoms with Crippen LogP contribution in [-0.4, -0.2) is 22.5 Å². The second-order valence-corrected chi connectivity index (χ2v) is 6.55. The Kier molecular flexibility index (Phi) is 3.90. The first kappa shape index (κ1) is 12.5. The van der Waals surface area contributed by atoms with Crippen LogP contribution >= 0.6 is 11.8 Å². The fourth-order valence-electron chi connectivity index (χ4n) is 3.43. The maximum Gasteiger partial charge on any atom is 0.0605 e. The summed E-state index contributed by atoms with van der Waals surface area (Å²) in [6.45, 7) is 0. The van der Waals surface area contributed by atoms with Crippen molar-refractivity contribution in [3.8, 4) is 0 Å². The number of hydrogen-bond acceptors (Lipinski definition) is 3. The van der Waals surface area contributed by atoms with E-state index in [-0.39, 0.29) is 0 Å². The standard InChI is InChI=1S/C15H22N2S/c1-18-14-9-3-7-12(14)17-13-8-2-5-11-6-4-10-16-15(11)13/h4,6,10,12-14,17H,2-3,5,7-9H2,1H3. The molecule has 1 aromatic rings. The van der Waals surface area contributed by atoms with E-state index in [1.165, 1.54) is 49.8 Å². The molecule has 0 aliphatic heterocycles. The minimum atomic E-state index is 0.493. The van der Waals surface area contributed by atoms with E-state index in [9.17, 15) is 0 Å². The van der Waals surface area contributed by atoms with Crippen LogP contribution in [0.5, 0.6) is 0 Å². The third-order valence-corrected chi connectivity index (χ3v) is 5.54. The molecule has 1 heterocycles. The van der Waals surface area contributed by atoms with E-state index in [2.05, 4.69) is 28.7 Å². The SMILES string of the molecule is CSC1CCCC1NC1CCCc2cccnc21. The lowest BCUT2D eigenvalue weighted by Gasteiger charge is -2.30. The molecule has 0 radical (unpaired) electrons. The predicted molar refractivity (Wildman–Crippen MR) is 78.0 cm³/mol. The molecule has 1 N–H and O–H groups in total. The van der Waals surface area contributed by atoms with E-state index in [0.29, 0.717) is 12.1 Å². The fraction of sp³-hybridized carbons (Fsp3) is 0.667. The van der Waals surface area contributed by atoms with Gasteiger partial charge in [-0.2, -0.15) is 11.8 Å². The highest BCUT2D eigenvalue weighted by Crippen LogP contribution is 2.33. The molecule has 2 aliphatic rings. The van der Waals surface area contributed by atoms with Gasteiger partial charge < -0.3 is 5.32 Å². The lowest BCUT2D eigenvalue weighted by Crippen LogP contribution is -2.38. The highest BCUT2D eigenvalue weighted by molar-refractivity contribution is 7.99. The van der Waals surface area contributed by atoms with Crippen LogP contribution in [0.4, 0.5) is 0 Å². The minimum absolute atomic E-state index is 0.493. The van der Waals surface area contributed by atoms with Gasteiger partial charge in [0.05, 0.1) is 11.7 Å². The Morgan fingerprint density at radius 3 is 3.11 bits per heavy atom. The van der Waals surface area contributed by atoms with Crippen LogP contribution in [0, 0.1) is 0 Å². The lowest BCUT2D eigenvalue weighted by molar-refractivity contribution is 0.393. The topological polar surface area (TPSA) is 24.9 Å². The number of hydrogen-bond donors (Lipinski definition) is 1. The van der Waals surface area contributed by atoms with Gasteiger partial charge in [-0.25, -0.2) is 0 Å². The Bertz CT molecular complexity index is 407. The largest absolute Gasteiger partial charge is 0.305 e. The van der Waals surface area contributed by atoms with Crippen molar-refractivity contribution < 1.29 is 0 Å². The zero-order valence-electron chi connectivity index (χ0n) is 11.1. The highest BCUT2D eigenvalue weighted by Gasteiger charge is 2.30. The monoisotopic (exact) mass is 262 g/mol. The van der Waals surface area contributed by atoms with Crippen molar-refractivity contribution in [1.82, 2.24) is 10.3 Å². The summed E-state index contributed by atoms with van der Waals surface area (Å²) in [5.41, 5.74) is 2.77. The number of thioether (sulfide) groups is 1. The Morgan fingerprint density at radius 1 is 1.28 bits per heavy atom. The van der Waals surface area contributed by atoms with Gasteiger partial charge in [0.25, 0.3) is 0 Å². The molecule has 0 bridgehead atoms. The molecule has 1 aromatic heterocycles. The molecule has 0 aromatic carbocycles. The van der Waals surface area contributed by atoms with Crippen LogP contribution in [0.25, 0.3) is 0 Å². The van der Waals surface area contributed by atoms with Crippen LogP contribution in [0.15, 0.2) is 18.3 Å². The van der Waals surface area contributed by atoms with Crippen molar-refractivity contribution in [2.45, 2.75) is 55.9 Å². The molecule has 98 valence electrons. The summed E-state index contributed by atoms with van der Waals surface area (Å²) in [7, 11) is 0. The quantitative estimate of drug-likeness (QED) is 0.904. The van der Waals surface area contributed by atoms with Crippen LogP contribution < -0.4 is 5.32 Å². The number of aryl methyl sites for hydroxylation is 1. The second kappa shape index (κ2) is 5.62. The molecular weight excluding hydrogens is 240 g/mol. The third-order valence-electron chi connectivity index (χ3n) is 4.37. The molecule has 0 spiro atoms. The molecule has 18 heavy (non-hydrogen) atoms. The first-order chi connectivity index (χ1) is 8.88. The van der Waals surface area contributed by atoms with E-state index >= 15 is 0 Å². The minimum Gasteiger partial charge on any atom is -0.305 e. The van der Waals surface area contributed by atoms with E-state index < -0.39 is 0 Å². The number of fused-ring (bicyclic) bond motifs is 1. The first-order valence-electron chi connectivity index (χ1n) is 7.11. The first-order valence-corrected chi connectivity index (χ1v) is 8.40. The van der Waals surface area contributed by atoms with E-state index in [1.807, 2.05) is 18.0 Å². The molecule has 2 nitrogen and oxygen atoms in total. The van der Waals surface area contributed by atoms with Gasteiger partial charge in [-0.3, -0.25) is 4.98 Å². The number of pyridine rings is 1. The maximum absolute atomic E-state index is 4.62. The van der Waals surface area contributed by atoms with E-state index in [4.69, 9.17) is 0 Å². The lowest BCUT2D eigenvalue weighted by atomic mass is 9.91. The normalized spacial score (nSPS) is 31.3. The van der Waals surface area contributed by atoms with Crippen LogP contribution in [0.3, 0.4) is 0 Å². The van der Waals surface area contributed by atoms with Gasteiger partial charge in [0.2, 0.25) is 0 Å². The van der Waals surface area contributed by atoms with Gasteiger partial charge in [0, 0.05) is 17.5 Å². The summed E-state index contributed by atoms with van der Waals surface area (Å²) in [6, 6.07) is 5.50. The predicted octanol–water partition coefficient (Wildman–Crippen LogP) is 3.33. The zero-order chi connectivity index (χ0) is 12.4. The number of nitrogens with zero attached hydrogens (tertiary/aromatic N) is 1. The highest BCUT2D eigenvalue weighted by atomic mass is 32.2. The Morgan fingerprint density at radius 2 is 2.22 bits per heavy atom. The van der Waals surface area contributed by atoms with E-state index in [0.717, 1.165) is 5.25 Å². The summed E-state index contributed by atoms with van der Waals surface area (Å²) < 4.78 is 0.